The molecule has 21 heavy (non-hydrogen) atoms. The predicted molar refractivity (Wildman–Crippen MR) is 83.9 cm³/mol. The maximum atomic E-state index is 12.1. The van der Waals surface area contributed by atoms with Crippen molar-refractivity contribution < 1.29 is 13.2 Å². The van der Waals surface area contributed by atoms with E-state index in [1.807, 2.05) is 36.4 Å². The van der Waals surface area contributed by atoms with Crippen molar-refractivity contribution in [3.63, 3.8) is 0 Å². The Morgan fingerprint density at radius 3 is 2.48 bits per heavy atom. The highest BCUT2D eigenvalue weighted by Crippen LogP contribution is 2.42. The van der Waals surface area contributed by atoms with Gasteiger partial charge in [0.2, 0.25) is 10.0 Å². The van der Waals surface area contributed by atoms with Crippen LogP contribution in [0.1, 0.15) is 25.3 Å². The Kier molecular flexibility index (Phi) is 3.42. The minimum absolute atomic E-state index is 0.333. The second-order valence-corrected chi connectivity index (χ2v) is 8.10. The number of methoxy groups -OCH3 is 1. The van der Waals surface area contributed by atoms with E-state index in [0.29, 0.717) is 6.54 Å². The summed E-state index contributed by atoms with van der Waals surface area (Å²) in [5.74, 6) is 0.817. The van der Waals surface area contributed by atoms with Crippen LogP contribution in [0.2, 0.25) is 0 Å². The number of fused-ring (bicyclic) bond motifs is 1. The quantitative estimate of drug-likeness (QED) is 0.924. The first kappa shape index (κ1) is 14.4. The molecule has 1 aliphatic carbocycles. The van der Waals surface area contributed by atoms with Crippen LogP contribution in [0.4, 0.5) is 0 Å². The molecule has 1 N–H and O–H groups in total. The van der Waals surface area contributed by atoms with Crippen LogP contribution >= 0.6 is 0 Å². The summed E-state index contributed by atoms with van der Waals surface area (Å²) in [4.78, 5) is 0. The monoisotopic (exact) mass is 305 g/mol. The Balaban J connectivity index is 1.79. The molecule has 0 amide bonds. The summed E-state index contributed by atoms with van der Waals surface area (Å²) in [6, 6.07) is 11.8. The fraction of sp³-hybridized carbons (Fsp3) is 0.375. The molecule has 3 rings (SSSR count). The molecule has 0 aromatic heterocycles. The van der Waals surface area contributed by atoms with Gasteiger partial charge in [0, 0.05) is 6.54 Å². The molecule has 0 heterocycles. The zero-order valence-electron chi connectivity index (χ0n) is 12.2. The van der Waals surface area contributed by atoms with Gasteiger partial charge in [0.1, 0.15) is 5.75 Å². The van der Waals surface area contributed by atoms with Crippen LogP contribution in [0.25, 0.3) is 10.8 Å². The van der Waals surface area contributed by atoms with E-state index in [1.165, 1.54) is 0 Å². The molecule has 1 aliphatic rings. The number of hydrogen-bond acceptors (Lipinski definition) is 3. The number of rotatable bonds is 5. The molecular weight excluding hydrogens is 286 g/mol. The lowest BCUT2D eigenvalue weighted by Crippen LogP contribution is -2.33. The fourth-order valence-corrected chi connectivity index (χ4v) is 3.65. The van der Waals surface area contributed by atoms with Gasteiger partial charge in [-0.1, -0.05) is 18.2 Å². The molecule has 0 bridgehead atoms. The molecule has 1 fully saturated rings. The van der Waals surface area contributed by atoms with Gasteiger partial charge in [-0.3, -0.25) is 0 Å². The zero-order chi connectivity index (χ0) is 15.1. The first-order valence-electron chi connectivity index (χ1n) is 6.99. The van der Waals surface area contributed by atoms with Gasteiger partial charge in [-0.15, -0.1) is 0 Å². The van der Waals surface area contributed by atoms with Gasteiger partial charge in [-0.2, -0.15) is 0 Å². The van der Waals surface area contributed by atoms with Gasteiger partial charge in [0.05, 0.1) is 11.9 Å². The largest absolute Gasteiger partial charge is 0.497 e. The van der Waals surface area contributed by atoms with E-state index >= 15 is 0 Å². The molecule has 1 saturated carbocycles. The Bertz CT molecular complexity index is 779. The molecule has 0 aliphatic heterocycles. The predicted octanol–water partition coefficient (Wildman–Crippen LogP) is 2.82. The third-order valence-electron chi connectivity index (χ3n) is 4.18. The van der Waals surface area contributed by atoms with Crippen molar-refractivity contribution in [2.45, 2.75) is 31.1 Å². The maximum absolute atomic E-state index is 12.1. The van der Waals surface area contributed by atoms with Crippen LogP contribution < -0.4 is 9.46 Å². The molecule has 0 atom stereocenters. The Morgan fingerprint density at radius 2 is 1.81 bits per heavy atom. The molecule has 0 unspecified atom stereocenters. The summed E-state index contributed by atoms with van der Waals surface area (Å²) in [6.07, 6.45) is 1.50. The minimum Gasteiger partial charge on any atom is -0.497 e. The smallest absolute Gasteiger partial charge is 0.217 e. The van der Waals surface area contributed by atoms with Crippen LogP contribution in [0, 0.1) is 0 Å². The van der Waals surface area contributed by atoms with Crippen molar-refractivity contribution in [2.75, 3.05) is 7.11 Å². The number of benzene rings is 2. The highest BCUT2D eigenvalue weighted by atomic mass is 32.2. The Hall–Kier alpha value is -1.59. The summed E-state index contributed by atoms with van der Waals surface area (Å²) >= 11 is 0. The number of sulfonamides is 1. The molecule has 2 aromatic rings. The van der Waals surface area contributed by atoms with E-state index in [-0.39, 0.29) is 0 Å². The minimum atomic E-state index is -3.22. The second-order valence-electron chi connectivity index (χ2n) is 5.82. The average molecular weight is 305 g/mol. The molecule has 4 nitrogen and oxygen atoms in total. The van der Waals surface area contributed by atoms with Crippen molar-refractivity contribution in [1.29, 1.82) is 0 Å². The standard InChI is InChI=1S/C16H19NO3S/c1-16(7-8-16)21(18,19)17-11-12-3-4-14-10-15(20-2)6-5-13(14)9-12/h3-6,9-10,17H,7-8,11H2,1-2H3. The summed E-state index contributed by atoms with van der Waals surface area (Å²) in [5, 5.41) is 2.15. The third-order valence-corrected chi connectivity index (χ3v) is 6.41. The third kappa shape index (κ3) is 2.76. The summed E-state index contributed by atoms with van der Waals surface area (Å²) in [6.45, 7) is 2.13. The average Bonchev–Trinajstić information content (AvgIpc) is 3.24. The van der Waals surface area contributed by atoms with Crippen molar-refractivity contribution in [2.24, 2.45) is 0 Å². The van der Waals surface area contributed by atoms with Crippen molar-refractivity contribution >= 4 is 20.8 Å². The van der Waals surface area contributed by atoms with Crippen LogP contribution in [0.5, 0.6) is 5.75 Å². The first-order chi connectivity index (χ1) is 9.93. The highest BCUT2D eigenvalue weighted by Gasteiger charge is 2.49. The van der Waals surface area contributed by atoms with E-state index < -0.39 is 14.8 Å². The fourth-order valence-electron chi connectivity index (χ4n) is 2.31. The van der Waals surface area contributed by atoms with Gasteiger partial charge in [0.15, 0.2) is 0 Å². The van der Waals surface area contributed by atoms with E-state index in [4.69, 9.17) is 4.74 Å². The van der Waals surface area contributed by atoms with Crippen LogP contribution in [-0.2, 0) is 16.6 Å². The first-order valence-corrected chi connectivity index (χ1v) is 8.48. The number of nitrogens with one attached hydrogen (secondary N) is 1. The molecule has 0 radical (unpaired) electrons. The molecule has 5 heteroatoms. The lowest BCUT2D eigenvalue weighted by molar-refractivity contribution is 0.415. The molecule has 0 spiro atoms. The summed E-state index contributed by atoms with van der Waals surface area (Å²) in [5.41, 5.74) is 0.959. The van der Waals surface area contributed by atoms with E-state index in [1.54, 1.807) is 14.0 Å². The Labute approximate surface area is 125 Å². The topological polar surface area (TPSA) is 55.4 Å². The lowest BCUT2D eigenvalue weighted by Gasteiger charge is -2.12. The van der Waals surface area contributed by atoms with Crippen molar-refractivity contribution in [3.8, 4) is 5.75 Å². The van der Waals surface area contributed by atoms with E-state index in [0.717, 1.165) is 34.9 Å². The van der Waals surface area contributed by atoms with Gasteiger partial charge in [0.25, 0.3) is 0 Å². The normalized spacial score (nSPS) is 16.9. The van der Waals surface area contributed by atoms with Gasteiger partial charge < -0.3 is 4.74 Å². The van der Waals surface area contributed by atoms with E-state index in [2.05, 4.69) is 4.72 Å². The van der Waals surface area contributed by atoms with Crippen LogP contribution in [-0.4, -0.2) is 20.3 Å². The summed E-state index contributed by atoms with van der Waals surface area (Å²) < 4.78 is 31.6. The van der Waals surface area contributed by atoms with Gasteiger partial charge in [-0.25, -0.2) is 13.1 Å². The second kappa shape index (κ2) is 5.00. The highest BCUT2D eigenvalue weighted by molar-refractivity contribution is 7.91. The van der Waals surface area contributed by atoms with Crippen molar-refractivity contribution in [3.05, 3.63) is 42.0 Å². The van der Waals surface area contributed by atoms with Gasteiger partial charge >= 0.3 is 0 Å². The number of hydrogen-bond donors (Lipinski definition) is 1. The van der Waals surface area contributed by atoms with Crippen LogP contribution in [0.15, 0.2) is 36.4 Å². The SMILES string of the molecule is COc1ccc2cc(CNS(=O)(=O)C3(C)CC3)ccc2c1. The molecule has 0 saturated heterocycles. The Morgan fingerprint density at radius 1 is 1.14 bits per heavy atom. The van der Waals surface area contributed by atoms with Gasteiger partial charge in [-0.05, 0) is 54.3 Å². The maximum Gasteiger partial charge on any atom is 0.217 e. The zero-order valence-corrected chi connectivity index (χ0v) is 13.0. The van der Waals surface area contributed by atoms with Crippen LogP contribution in [0.3, 0.4) is 0 Å². The van der Waals surface area contributed by atoms with Crippen molar-refractivity contribution in [1.82, 2.24) is 4.72 Å². The number of ether oxygens (including phenoxy) is 1. The van der Waals surface area contributed by atoms with E-state index in [9.17, 15) is 8.42 Å². The molecule has 112 valence electrons. The molecule has 2 aromatic carbocycles. The summed E-state index contributed by atoms with van der Waals surface area (Å²) in [7, 11) is -1.58. The molecular formula is C16H19NO3S. The lowest BCUT2D eigenvalue weighted by atomic mass is 10.1.